The third-order valence-electron chi connectivity index (χ3n) is 5.00. The summed E-state index contributed by atoms with van der Waals surface area (Å²) < 4.78 is 7.99. The average molecular weight is 360 g/mol. The summed E-state index contributed by atoms with van der Waals surface area (Å²) in [6, 6.07) is 10.3. The zero-order valence-electron chi connectivity index (χ0n) is 15.3. The summed E-state index contributed by atoms with van der Waals surface area (Å²) in [4.78, 5) is 11.5. The Balaban J connectivity index is 1.54. The van der Waals surface area contributed by atoms with Gasteiger partial charge < -0.3 is 14.6 Å². The van der Waals surface area contributed by atoms with Gasteiger partial charge in [-0.1, -0.05) is 12.1 Å². The summed E-state index contributed by atoms with van der Waals surface area (Å²) in [5, 5.41) is 7.66. The number of pyridine rings is 1. The minimum Gasteiger partial charge on any atom is -0.436 e. The largest absolute Gasteiger partial charge is 0.436 e. The summed E-state index contributed by atoms with van der Waals surface area (Å²) in [5.74, 6) is 1.29. The fourth-order valence-corrected chi connectivity index (χ4v) is 3.49. The molecule has 7 heteroatoms. The van der Waals surface area contributed by atoms with Crippen LogP contribution in [-0.4, -0.2) is 51.8 Å². The molecule has 4 heterocycles. The Labute approximate surface area is 156 Å². The minimum absolute atomic E-state index is 0.449. The Morgan fingerprint density at radius 3 is 2.78 bits per heavy atom. The van der Waals surface area contributed by atoms with Crippen molar-refractivity contribution in [3.63, 3.8) is 0 Å². The first-order chi connectivity index (χ1) is 13.2. The van der Waals surface area contributed by atoms with Gasteiger partial charge in [0, 0.05) is 43.7 Å². The van der Waals surface area contributed by atoms with E-state index in [2.05, 4.69) is 44.6 Å². The van der Waals surface area contributed by atoms with Crippen molar-refractivity contribution in [3.05, 3.63) is 48.9 Å². The van der Waals surface area contributed by atoms with Crippen molar-refractivity contribution in [2.24, 2.45) is 0 Å². The summed E-state index contributed by atoms with van der Waals surface area (Å²) in [5.41, 5.74) is 4.47. The molecule has 0 atom stereocenters. The lowest BCUT2D eigenvalue weighted by molar-refractivity contribution is 0.130. The van der Waals surface area contributed by atoms with E-state index in [4.69, 9.17) is 4.42 Å². The minimum atomic E-state index is 0.449. The van der Waals surface area contributed by atoms with Gasteiger partial charge in [-0.05, 0) is 25.2 Å². The second-order valence-electron chi connectivity index (χ2n) is 6.94. The maximum absolute atomic E-state index is 5.95. The van der Waals surface area contributed by atoms with Crippen LogP contribution in [0.3, 0.4) is 0 Å². The van der Waals surface area contributed by atoms with Gasteiger partial charge in [0.1, 0.15) is 11.3 Å². The van der Waals surface area contributed by atoms with Crippen molar-refractivity contribution in [1.82, 2.24) is 24.6 Å². The lowest BCUT2D eigenvalue weighted by Gasteiger charge is -2.36. The molecule has 27 heavy (non-hydrogen) atoms. The van der Waals surface area contributed by atoms with Crippen LogP contribution in [0.1, 0.15) is 6.04 Å². The molecular weight excluding hydrogens is 340 g/mol. The fraction of sp³-hybridized carbons (Fsp3) is 0.250. The van der Waals surface area contributed by atoms with E-state index >= 15 is 0 Å². The number of hydrogen-bond acceptors (Lipinski definition) is 6. The van der Waals surface area contributed by atoms with Crippen LogP contribution in [-0.2, 0) is 0 Å². The van der Waals surface area contributed by atoms with Crippen LogP contribution in [0.4, 0.5) is 5.82 Å². The van der Waals surface area contributed by atoms with Crippen LogP contribution in [0, 0.1) is 0 Å². The highest BCUT2D eigenvalue weighted by molar-refractivity contribution is 5.81. The molecule has 1 aliphatic heterocycles. The van der Waals surface area contributed by atoms with E-state index < -0.39 is 0 Å². The van der Waals surface area contributed by atoms with Gasteiger partial charge in [0.2, 0.25) is 5.89 Å². The first kappa shape index (κ1) is 16.0. The Hall–Kier alpha value is -3.19. The zero-order valence-corrected chi connectivity index (χ0v) is 15.3. The van der Waals surface area contributed by atoms with Crippen molar-refractivity contribution in [1.29, 1.82) is 0 Å². The van der Waals surface area contributed by atoms with E-state index in [0.717, 1.165) is 46.7 Å². The second kappa shape index (κ2) is 6.21. The summed E-state index contributed by atoms with van der Waals surface area (Å²) in [6.45, 7) is 2.07. The highest BCUT2D eigenvalue weighted by atomic mass is 16.3. The number of para-hydroxylation sites is 2. The number of likely N-dealkylation sites (N-methyl/N-ethyl adjacent to an activating group) is 1. The van der Waals surface area contributed by atoms with Crippen LogP contribution in [0.15, 0.2) is 53.3 Å². The number of nitrogens with zero attached hydrogens (tertiary/aromatic N) is 5. The van der Waals surface area contributed by atoms with Crippen molar-refractivity contribution in [2.75, 3.05) is 32.5 Å². The van der Waals surface area contributed by atoms with Gasteiger partial charge in [-0.15, -0.1) is 0 Å². The third-order valence-corrected chi connectivity index (χ3v) is 5.00. The zero-order chi connectivity index (χ0) is 18.4. The maximum Gasteiger partial charge on any atom is 0.231 e. The smallest absolute Gasteiger partial charge is 0.231 e. The molecule has 0 bridgehead atoms. The number of rotatable bonds is 4. The molecule has 1 saturated heterocycles. The van der Waals surface area contributed by atoms with Crippen molar-refractivity contribution in [3.8, 4) is 22.6 Å². The molecule has 136 valence electrons. The van der Waals surface area contributed by atoms with Crippen molar-refractivity contribution >= 4 is 16.9 Å². The standard InChI is InChI=1S/C20H20N6O/c1-21-19-16(20-24-17-5-3-4-6-18(17)27-20)7-13(8-22-19)14-9-23-26(10-14)15-11-25(2)12-15/h3-10,15H,11-12H2,1-2H3,(H,21,22). The lowest BCUT2D eigenvalue weighted by Crippen LogP contribution is -2.45. The molecule has 4 aromatic rings. The summed E-state index contributed by atoms with van der Waals surface area (Å²) >= 11 is 0. The third kappa shape index (κ3) is 2.76. The highest BCUT2D eigenvalue weighted by Crippen LogP contribution is 2.32. The van der Waals surface area contributed by atoms with Gasteiger partial charge in [0.25, 0.3) is 0 Å². The molecule has 1 N–H and O–H groups in total. The molecule has 0 spiro atoms. The molecule has 1 aliphatic rings. The van der Waals surface area contributed by atoms with Gasteiger partial charge in [-0.25, -0.2) is 9.97 Å². The number of fused-ring (bicyclic) bond motifs is 1. The average Bonchev–Trinajstić information content (AvgIpc) is 3.32. The first-order valence-electron chi connectivity index (χ1n) is 8.98. The van der Waals surface area contributed by atoms with Gasteiger partial charge >= 0.3 is 0 Å². The van der Waals surface area contributed by atoms with Crippen LogP contribution in [0.5, 0.6) is 0 Å². The van der Waals surface area contributed by atoms with E-state index in [9.17, 15) is 0 Å². The molecule has 5 rings (SSSR count). The lowest BCUT2D eigenvalue weighted by atomic mass is 10.1. The molecule has 0 unspecified atom stereocenters. The van der Waals surface area contributed by atoms with Crippen molar-refractivity contribution in [2.45, 2.75) is 6.04 Å². The fourth-order valence-electron chi connectivity index (χ4n) is 3.49. The van der Waals surface area contributed by atoms with Gasteiger partial charge in [-0.2, -0.15) is 5.10 Å². The van der Waals surface area contributed by atoms with Gasteiger partial charge in [0.05, 0.1) is 17.8 Å². The van der Waals surface area contributed by atoms with E-state index in [1.807, 2.05) is 48.4 Å². The Morgan fingerprint density at radius 1 is 1.15 bits per heavy atom. The number of hydrogen-bond donors (Lipinski definition) is 1. The molecule has 0 amide bonds. The van der Waals surface area contributed by atoms with Gasteiger partial charge in [-0.3, -0.25) is 4.68 Å². The highest BCUT2D eigenvalue weighted by Gasteiger charge is 2.25. The normalized spacial score (nSPS) is 15.2. The molecule has 3 aromatic heterocycles. The second-order valence-corrected chi connectivity index (χ2v) is 6.94. The molecule has 0 aliphatic carbocycles. The quantitative estimate of drug-likeness (QED) is 0.602. The molecule has 7 nitrogen and oxygen atoms in total. The Bertz CT molecular complexity index is 1080. The van der Waals surface area contributed by atoms with Crippen LogP contribution in [0.2, 0.25) is 0 Å². The SMILES string of the molecule is CNc1ncc(-c2cnn(C3CN(C)C3)c2)cc1-c1nc2ccccc2o1. The maximum atomic E-state index is 5.95. The molecule has 0 saturated carbocycles. The number of oxazole rings is 1. The van der Waals surface area contributed by atoms with E-state index in [1.54, 1.807) is 0 Å². The van der Waals surface area contributed by atoms with E-state index in [1.165, 1.54) is 0 Å². The monoisotopic (exact) mass is 360 g/mol. The van der Waals surface area contributed by atoms with E-state index in [-0.39, 0.29) is 0 Å². The first-order valence-corrected chi connectivity index (χ1v) is 8.98. The molecule has 1 fully saturated rings. The number of anilines is 1. The summed E-state index contributed by atoms with van der Waals surface area (Å²) in [6.07, 6.45) is 5.83. The van der Waals surface area contributed by atoms with E-state index in [0.29, 0.717) is 11.9 Å². The number of nitrogens with one attached hydrogen (secondary N) is 1. The molecular formula is C20H20N6O. The van der Waals surface area contributed by atoms with Crippen molar-refractivity contribution < 1.29 is 4.42 Å². The predicted octanol–water partition coefficient (Wildman–Crippen LogP) is 3.28. The topological polar surface area (TPSA) is 72.0 Å². The van der Waals surface area contributed by atoms with Crippen LogP contribution < -0.4 is 5.32 Å². The Morgan fingerprint density at radius 2 is 2.00 bits per heavy atom. The Kier molecular flexibility index (Phi) is 3.68. The number of aromatic nitrogens is 4. The predicted molar refractivity (Wildman–Crippen MR) is 105 cm³/mol. The van der Waals surface area contributed by atoms with Gasteiger partial charge in [0.15, 0.2) is 5.58 Å². The van der Waals surface area contributed by atoms with Crippen LogP contribution >= 0.6 is 0 Å². The summed E-state index contributed by atoms with van der Waals surface area (Å²) in [7, 11) is 3.97. The number of benzene rings is 1. The molecule has 1 aromatic carbocycles. The molecule has 0 radical (unpaired) electrons. The number of likely N-dealkylation sites (tertiary alicyclic amines) is 1. The van der Waals surface area contributed by atoms with Crippen LogP contribution in [0.25, 0.3) is 33.7 Å².